The van der Waals surface area contributed by atoms with E-state index in [-0.39, 0.29) is 48.8 Å². The molecular weight excluding hydrogens is 792 g/mol. The number of fused-ring (bicyclic) bond motifs is 1. The third kappa shape index (κ3) is 8.16. The van der Waals surface area contributed by atoms with Crippen LogP contribution in [0.15, 0.2) is 67.0 Å². The Bertz CT molecular complexity index is 2520. The molecule has 15 nitrogen and oxygen atoms in total. The number of aryl methyl sites for hydroxylation is 2. The fourth-order valence-corrected chi connectivity index (χ4v) is 9.71. The number of phenols is 1. The van der Waals surface area contributed by atoms with Gasteiger partial charge in [-0.1, -0.05) is 24.3 Å². The number of hydrogen-bond donors (Lipinski definition) is 3. The number of piperidine rings is 2. The molecule has 4 saturated heterocycles. The molecule has 2 aromatic carbocycles. The molecule has 0 unspecified atom stereocenters. The highest BCUT2D eigenvalue weighted by Gasteiger charge is 2.35. The fraction of sp³-hybridized carbons (Fsp3) is 0.435. The van der Waals surface area contributed by atoms with Crippen LogP contribution in [-0.2, 0) is 9.53 Å². The molecular formula is C46H53FN10O5. The molecule has 0 radical (unpaired) electrons. The lowest BCUT2D eigenvalue weighted by molar-refractivity contribution is -0.120. The predicted octanol–water partition coefficient (Wildman–Crippen LogP) is 5.95. The van der Waals surface area contributed by atoms with E-state index in [2.05, 4.69) is 30.3 Å². The normalized spacial score (nSPS) is 22.9. The molecule has 16 heteroatoms. The van der Waals surface area contributed by atoms with Crippen LogP contribution in [0.4, 0.5) is 26.4 Å². The number of ether oxygens (including phenoxy) is 1. The second kappa shape index (κ2) is 17.0. The van der Waals surface area contributed by atoms with Gasteiger partial charge in [-0.3, -0.25) is 19.8 Å². The van der Waals surface area contributed by atoms with E-state index in [1.54, 1.807) is 24.4 Å². The van der Waals surface area contributed by atoms with Gasteiger partial charge in [0.15, 0.2) is 5.82 Å². The maximum Gasteiger partial charge on any atom is 0.328 e. The molecule has 4 aliphatic rings. The van der Waals surface area contributed by atoms with E-state index in [1.807, 2.05) is 72.8 Å². The number of morpholine rings is 1. The molecule has 324 valence electrons. The summed E-state index contributed by atoms with van der Waals surface area (Å²) in [5, 5.41) is 22.1. The molecule has 5 aromatic rings. The summed E-state index contributed by atoms with van der Waals surface area (Å²) < 4.78 is 24.4. The number of urea groups is 1. The summed E-state index contributed by atoms with van der Waals surface area (Å²) in [5.41, 5.74) is 13.0. The number of benzene rings is 2. The highest BCUT2D eigenvalue weighted by Crippen LogP contribution is 2.37. The van der Waals surface area contributed by atoms with Crippen LogP contribution in [0.3, 0.4) is 0 Å². The molecule has 4 aliphatic heterocycles. The van der Waals surface area contributed by atoms with Crippen molar-refractivity contribution in [1.82, 2.24) is 34.9 Å². The Balaban J connectivity index is 0.787. The largest absolute Gasteiger partial charge is 0.507 e. The Hall–Kier alpha value is -6.13. The number of para-hydroxylation sites is 1. The van der Waals surface area contributed by atoms with Crippen LogP contribution in [0.1, 0.15) is 71.8 Å². The molecule has 4 amide bonds. The van der Waals surface area contributed by atoms with E-state index >= 15 is 4.39 Å². The Kier molecular flexibility index (Phi) is 11.3. The van der Waals surface area contributed by atoms with Crippen molar-refractivity contribution < 1.29 is 28.6 Å². The average Bonchev–Trinajstić information content (AvgIpc) is 3.58. The number of halogens is 1. The molecule has 4 N–H and O–H groups in total. The summed E-state index contributed by atoms with van der Waals surface area (Å²) in [6.45, 7) is 10.6. The van der Waals surface area contributed by atoms with Crippen LogP contribution in [0.2, 0.25) is 0 Å². The van der Waals surface area contributed by atoms with Crippen molar-refractivity contribution in [3.63, 3.8) is 0 Å². The zero-order chi connectivity index (χ0) is 43.2. The van der Waals surface area contributed by atoms with E-state index in [0.717, 1.165) is 53.7 Å². The number of nitrogen functional groups attached to an aromatic ring is 1. The van der Waals surface area contributed by atoms with Crippen molar-refractivity contribution in [3.05, 3.63) is 89.2 Å². The van der Waals surface area contributed by atoms with Gasteiger partial charge < -0.3 is 34.8 Å². The second-order valence-electron chi connectivity index (χ2n) is 17.3. The number of nitrogens with one attached hydrogen (secondary N) is 1. The summed E-state index contributed by atoms with van der Waals surface area (Å²) in [4.78, 5) is 50.5. The number of rotatable bonds is 8. The number of nitrogens with zero attached hydrogens (tertiary/aromatic N) is 8. The van der Waals surface area contributed by atoms with E-state index in [9.17, 15) is 19.5 Å². The maximum absolute atomic E-state index is 16.0. The highest BCUT2D eigenvalue weighted by atomic mass is 19.1. The minimum absolute atomic E-state index is 0.0216. The standard InChI is InChI=1S/C46H53FN10O5/c1-27-18-31(41-26-55(23-29(3)62-41)39-20-37(51-52-43(39)48)34-6-4-5-7-40(34)58)8-9-33(27)45(60)54-15-10-30(11-16-54)24-53-14-12-38(36(47)25-53)57-22-28(2)35-19-32(21-49-44(35)57)56-17-13-42(59)50-46(56)61/h4-9,18-22,29-30,36,38,41,58H,10-17,23-26H2,1-3H3,(H2,48,52)(H,50,59,61)/t29-,36+,38-,41-/m0/s1. The van der Waals surface area contributed by atoms with Crippen molar-refractivity contribution >= 4 is 46.1 Å². The lowest BCUT2D eigenvalue weighted by atomic mass is 9.93. The minimum Gasteiger partial charge on any atom is -0.507 e. The smallest absolute Gasteiger partial charge is 0.328 e. The fourth-order valence-electron chi connectivity index (χ4n) is 9.71. The quantitative estimate of drug-likeness (QED) is 0.169. The molecule has 4 fully saturated rings. The van der Waals surface area contributed by atoms with Crippen LogP contribution in [-0.4, -0.2) is 117 Å². The maximum atomic E-state index is 16.0. The number of imide groups is 1. The van der Waals surface area contributed by atoms with Crippen LogP contribution in [0.5, 0.6) is 5.75 Å². The molecule has 0 saturated carbocycles. The number of pyridine rings is 1. The Morgan fingerprint density at radius 1 is 0.968 bits per heavy atom. The number of anilines is 3. The number of likely N-dealkylation sites (tertiary alicyclic amines) is 2. The van der Waals surface area contributed by atoms with Gasteiger partial charge in [0.25, 0.3) is 5.91 Å². The van der Waals surface area contributed by atoms with Crippen LogP contribution in [0, 0.1) is 19.8 Å². The highest BCUT2D eigenvalue weighted by molar-refractivity contribution is 6.06. The van der Waals surface area contributed by atoms with Gasteiger partial charge in [0.2, 0.25) is 5.91 Å². The Morgan fingerprint density at radius 2 is 1.77 bits per heavy atom. The number of hydrogen-bond acceptors (Lipinski definition) is 11. The van der Waals surface area contributed by atoms with Gasteiger partial charge in [-0.15, -0.1) is 10.2 Å². The number of aromatic hydroxyl groups is 1. The van der Waals surface area contributed by atoms with Crippen LogP contribution < -0.4 is 20.9 Å². The number of amides is 4. The molecule has 3 aromatic heterocycles. The van der Waals surface area contributed by atoms with E-state index in [4.69, 9.17) is 10.5 Å². The van der Waals surface area contributed by atoms with Gasteiger partial charge in [-0.2, -0.15) is 0 Å². The van der Waals surface area contributed by atoms with Gasteiger partial charge in [0.05, 0.1) is 35.4 Å². The zero-order valence-electron chi connectivity index (χ0n) is 35.3. The number of phenolic OH excluding ortho intramolecular Hbond substituents is 1. The SMILES string of the molecule is Cc1cc([C@@H]2CN(c3cc(-c4ccccc4O)nnc3N)C[C@H](C)O2)ccc1C(=O)N1CCC(CN2CC[C@H](n3cc(C)c4cc(N5CCC(=O)NC5=O)cnc43)[C@H](F)C2)CC1. The van der Waals surface area contributed by atoms with Gasteiger partial charge >= 0.3 is 6.03 Å². The topological polar surface area (TPSA) is 175 Å². The first-order valence-electron chi connectivity index (χ1n) is 21.6. The molecule has 0 bridgehead atoms. The number of aromatic nitrogens is 4. The number of carbonyl (C=O) groups excluding carboxylic acids is 3. The summed E-state index contributed by atoms with van der Waals surface area (Å²) in [5.74, 6) is 0.519. The van der Waals surface area contributed by atoms with Gasteiger partial charge in [-0.05, 0) is 93.0 Å². The van der Waals surface area contributed by atoms with Gasteiger partial charge in [0.1, 0.15) is 23.7 Å². The van der Waals surface area contributed by atoms with Crippen molar-refractivity contribution in [2.24, 2.45) is 5.92 Å². The number of nitrogens with two attached hydrogens (primary N) is 1. The molecule has 62 heavy (non-hydrogen) atoms. The molecule has 7 heterocycles. The van der Waals surface area contributed by atoms with E-state index in [1.165, 1.54) is 4.90 Å². The number of carbonyl (C=O) groups is 3. The summed E-state index contributed by atoms with van der Waals surface area (Å²) in [6, 6.07) is 15.9. The average molecular weight is 845 g/mol. The van der Waals surface area contributed by atoms with Gasteiger partial charge in [0, 0.05) is 81.5 Å². The Morgan fingerprint density at radius 3 is 2.53 bits per heavy atom. The third-order valence-corrected chi connectivity index (χ3v) is 13.0. The zero-order valence-corrected chi connectivity index (χ0v) is 35.3. The van der Waals surface area contributed by atoms with Crippen molar-refractivity contribution in [2.75, 3.05) is 67.9 Å². The first kappa shape index (κ1) is 41.2. The van der Waals surface area contributed by atoms with Crippen molar-refractivity contribution in [2.45, 2.75) is 70.9 Å². The minimum atomic E-state index is -1.08. The van der Waals surface area contributed by atoms with Crippen molar-refractivity contribution in [1.29, 1.82) is 0 Å². The molecule has 0 spiro atoms. The van der Waals surface area contributed by atoms with Crippen molar-refractivity contribution in [3.8, 4) is 17.0 Å². The third-order valence-electron chi connectivity index (χ3n) is 13.0. The second-order valence-corrected chi connectivity index (χ2v) is 17.3. The molecule has 0 aliphatic carbocycles. The van der Waals surface area contributed by atoms with E-state index < -0.39 is 12.2 Å². The van der Waals surface area contributed by atoms with E-state index in [0.29, 0.717) is 79.0 Å². The summed E-state index contributed by atoms with van der Waals surface area (Å²) in [7, 11) is 0. The van der Waals surface area contributed by atoms with Gasteiger partial charge in [-0.25, -0.2) is 14.2 Å². The first-order chi connectivity index (χ1) is 29.9. The first-order valence-corrected chi connectivity index (χ1v) is 21.6. The van der Waals surface area contributed by atoms with Crippen LogP contribution in [0.25, 0.3) is 22.3 Å². The molecule has 4 atom stereocenters. The lowest BCUT2D eigenvalue weighted by Gasteiger charge is -2.39. The summed E-state index contributed by atoms with van der Waals surface area (Å²) in [6.07, 6.45) is 4.73. The lowest BCUT2D eigenvalue weighted by Crippen LogP contribution is -2.49. The summed E-state index contributed by atoms with van der Waals surface area (Å²) >= 11 is 0. The molecule has 9 rings (SSSR count). The predicted molar refractivity (Wildman–Crippen MR) is 234 cm³/mol. The Labute approximate surface area is 359 Å². The monoisotopic (exact) mass is 844 g/mol. The number of alkyl halides is 1. The van der Waals surface area contributed by atoms with Crippen LogP contribution >= 0.6 is 0 Å².